The third-order valence-electron chi connectivity index (χ3n) is 9.04. The van der Waals surface area contributed by atoms with E-state index in [4.69, 9.17) is 19.6 Å². The van der Waals surface area contributed by atoms with Crippen LogP contribution in [0.5, 0.6) is 0 Å². The molecule has 0 saturated heterocycles. The van der Waals surface area contributed by atoms with Gasteiger partial charge in [0.25, 0.3) is 5.91 Å². The number of carbonyl (C=O) groups excluding carboxylic acids is 1. The number of aliphatic imine (C=N–C) groups is 1. The van der Waals surface area contributed by atoms with Gasteiger partial charge in [0.1, 0.15) is 0 Å². The predicted molar refractivity (Wildman–Crippen MR) is 137 cm³/mol. The average Bonchev–Trinajstić information content (AvgIpc) is 3.28. The number of carbonyl (C=O) groups is 1. The number of hydrogen-bond acceptors (Lipinski definition) is 5. The van der Waals surface area contributed by atoms with Crippen LogP contribution in [0.3, 0.4) is 0 Å². The number of fused-ring (bicyclic) bond motifs is 2. The number of aliphatic hydroxyl groups excluding tert-OH is 1. The van der Waals surface area contributed by atoms with Gasteiger partial charge in [-0.15, -0.1) is 6.58 Å². The summed E-state index contributed by atoms with van der Waals surface area (Å²) in [6, 6.07) is 0. The Hall–Kier alpha value is -1.66. The molecule has 0 radical (unpaired) electrons. The van der Waals surface area contributed by atoms with Crippen LogP contribution in [0.2, 0.25) is 0 Å². The Morgan fingerprint density at radius 3 is 2.60 bits per heavy atom. The van der Waals surface area contributed by atoms with E-state index in [0.717, 1.165) is 57.3 Å². The Bertz CT molecular complexity index is 838. The maximum absolute atomic E-state index is 14.3. The molecule has 6 nitrogen and oxygen atoms in total. The van der Waals surface area contributed by atoms with Crippen molar-refractivity contribution in [3.05, 3.63) is 23.9 Å². The second-order valence-electron chi connectivity index (χ2n) is 11.4. The fourth-order valence-corrected chi connectivity index (χ4v) is 7.25. The minimum atomic E-state index is -0.787. The molecule has 6 heteroatoms. The van der Waals surface area contributed by atoms with Crippen LogP contribution in [-0.2, 0) is 14.3 Å². The van der Waals surface area contributed by atoms with Gasteiger partial charge in [-0.05, 0) is 75.7 Å². The van der Waals surface area contributed by atoms with E-state index in [1.54, 1.807) is 0 Å². The molecular formula is C29H44N2O4. The molecule has 3 aliphatic carbocycles. The van der Waals surface area contributed by atoms with Crippen molar-refractivity contribution in [2.75, 3.05) is 19.8 Å². The number of hydrogen-bond donors (Lipinski definition) is 1. The third-order valence-corrected chi connectivity index (χ3v) is 9.04. The normalized spacial score (nSPS) is 33.7. The Labute approximate surface area is 210 Å². The summed E-state index contributed by atoms with van der Waals surface area (Å²) in [6.07, 6.45) is 17.9. The van der Waals surface area contributed by atoms with E-state index >= 15 is 0 Å². The summed E-state index contributed by atoms with van der Waals surface area (Å²) < 4.78 is 12.8. The zero-order valence-corrected chi connectivity index (χ0v) is 21.4. The lowest BCUT2D eigenvalue weighted by molar-refractivity contribution is -0.139. The molecule has 2 fully saturated rings. The highest BCUT2D eigenvalue weighted by Crippen LogP contribution is 2.50. The van der Waals surface area contributed by atoms with Gasteiger partial charge in [0.2, 0.25) is 0 Å². The molecule has 2 saturated carbocycles. The standard InChI is InChI=1S/C29H44N2O4/c1-2-17-31-25-12-7-6-11-24(25)26-29(28(31)33,20-21-9-4-3-5-10-21)30-27(35-26)22-13-15-23(16-14-22)34-19-8-18-32/h2,21-23,26,32H,1,3-20H2/t22?,23?,26-,29-/m0/s1. The van der Waals surface area contributed by atoms with E-state index in [2.05, 4.69) is 6.58 Å². The molecule has 0 unspecified atom stereocenters. The van der Waals surface area contributed by atoms with Crippen molar-refractivity contribution in [1.82, 2.24) is 4.90 Å². The molecule has 1 amide bonds. The zero-order chi connectivity index (χ0) is 24.3. The highest BCUT2D eigenvalue weighted by Gasteiger charge is 2.60. The zero-order valence-electron chi connectivity index (χ0n) is 21.4. The average molecular weight is 485 g/mol. The molecule has 0 spiro atoms. The molecular weight excluding hydrogens is 440 g/mol. The molecule has 1 N–H and O–H groups in total. The lowest BCUT2D eigenvalue weighted by atomic mass is 9.71. The summed E-state index contributed by atoms with van der Waals surface area (Å²) in [5.74, 6) is 1.82. The van der Waals surface area contributed by atoms with Crippen molar-refractivity contribution in [3.8, 4) is 0 Å². The van der Waals surface area contributed by atoms with Gasteiger partial charge in [0, 0.05) is 31.4 Å². The lowest BCUT2D eigenvalue weighted by Crippen LogP contribution is -2.59. The topological polar surface area (TPSA) is 71.4 Å². The minimum absolute atomic E-state index is 0.157. The lowest BCUT2D eigenvalue weighted by Gasteiger charge is -2.46. The molecule has 2 heterocycles. The highest BCUT2D eigenvalue weighted by atomic mass is 16.5. The summed E-state index contributed by atoms with van der Waals surface area (Å²) >= 11 is 0. The fourth-order valence-electron chi connectivity index (χ4n) is 7.25. The summed E-state index contributed by atoms with van der Waals surface area (Å²) in [4.78, 5) is 21.6. The Morgan fingerprint density at radius 1 is 1.09 bits per heavy atom. The summed E-state index contributed by atoms with van der Waals surface area (Å²) in [6.45, 7) is 5.34. The molecule has 0 bridgehead atoms. The van der Waals surface area contributed by atoms with Crippen LogP contribution in [0, 0.1) is 11.8 Å². The maximum atomic E-state index is 14.3. The number of allylic oxidation sites excluding steroid dienone is 1. The van der Waals surface area contributed by atoms with E-state index in [9.17, 15) is 4.79 Å². The van der Waals surface area contributed by atoms with Crippen LogP contribution >= 0.6 is 0 Å². The van der Waals surface area contributed by atoms with Crippen LogP contribution in [0.15, 0.2) is 28.9 Å². The van der Waals surface area contributed by atoms with Gasteiger partial charge in [-0.3, -0.25) is 4.79 Å². The number of aliphatic hydroxyl groups is 1. The maximum Gasteiger partial charge on any atom is 0.259 e. The van der Waals surface area contributed by atoms with E-state index in [-0.39, 0.29) is 30.6 Å². The largest absolute Gasteiger partial charge is 0.470 e. The van der Waals surface area contributed by atoms with E-state index < -0.39 is 5.54 Å². The quantitative estimate of drug-likeness (QED) is 0.356. The van der Waals surface area contributed by atoms with Gasteiger partial charge >= 0.3 is 0 Å². The Balaban J connectivity index is 1.41. The number of rotatable bonds is 9. The SMILES string of the molecule is C=CCN1C(=O)[C@@]2(CC3CCCCC3)N=C(C3CCC(OCCCO)CC3)O[C@H]2C2=C1CCCC2. The molecule has 5 aliphatic rings. The molecule has 0 aromatic heterocycles. The van der Waals surface area contributed by atoms with Crippen molar-refractivity contribution in [3.63, 3.8) is 0 Å². The molecule has 2 atom stereocenters. The molecule has 2 aliphatic heterocycles. The fraction of sp³-hybridized carbons (Fsp3) is 0.793. The highest BCUT2D eigenvalue weighted by molar-refractivity contribution is 5.97. The first-order chi connectivity index (χ1) is 17.2. The number of ether oxygens (including phenoxy) is 2. The van der Waals surface area contributed by atoms with E-state index in [0.29, 0.717) is 25.5 Å². The monoisotopic (exact) mass is 484 g/mol. The van der Waals surface area contributed by atoms with Crippen molar-refractivity contribution in [1.29, 1.82) is 0 Å². The van der Waals surface area contributed by atoms with Gasteiger partial charge in [0.15, 0.2) is 17.5 Å². The molecule has 194 valence electrons. The number of amides is 1. The molecule has 0 aromatic rings. The Morgan fingerprint density at radius 2 is 1.86 bits per heavy atom. The van der Waals surface area contributed by atoms with Gasteiger partial charge in [-0.25, -0.2) is 4.99 Å². The molecule has 35 heavy (non-hydrogen) atoms. The van der Waals surface area contributed by atoms with Crippen molar-refractivity contribution < 1.29 is 19.4 Å². The minimum Gasteiger partial charge on any atom is -0.470 e. The van der Waals surface area contributed by atoms with Crippen molar-refractivity contribution in [2.45, 2.75) is 114 Å². The van der Waals surface area contributed by atoms with Crippen LogP contribution in [0.1, 0.15) is 96.3 Å². The summed E-state index contributed by atoms with van der Waals surface area (Å²) in [5.41, 5.74) is 1.75. The van der Waals surface area contributed by atoms with Crippen LogP contribution < -0.4 is 0 Å². The second-order valence-corrected chi connectivity index (χ2v) is 11.4. The van der Waals surface area contributed by atoms with Gasteiger partial charge in [-0.1, -0.05) is 38.2 Å². The van der Waals surface area contributed by atoms with E-state index in [1.165, 1.54) is 49.8 Å². The van der Waals surface area contributed by atoms with E-state index in [1.807, 2.05) is 11.0 Å². The summed E-state index contributed by atoms with van der Waals surface area (Å²) in [7, 11) is 0. The first kappa shape index (κ1) is 25.0. The van der Waals surface area contributed by atoms with Crippen LogP contribution in [-0.4, -0.2) is 59.3 Å². The van der Waals surface area contributed by atoms with Crippen LogP contribution in [0.4, 0.5) is 0 Å². The molecule has 5 rings (SSSR count). The second kappa shape index (κ2) is 11.2. The smallest absolute Gasteiger partial charge is 0.259 e. The predicted octanol–water partition coefficient (Wildman–Crippen LogP) is 5.31. The van der Waals surface area contributed by atoms with Crippen LogP contribution in [0.25, 0.3) is 0 Å². The number of nitrogens with zero attached hydrogens (tertiary/aromatic N) is 2. The first-order valence-corrected chi connectivity index (χ1v) is 14.3. The Kier molecular flexibility index (Phi) is 7.98. The van der Waals surface area contributed by atoms with Crippen molar-refractivity contribution in [2.24, 2.45) is 16.8 Å². The third kappa shape index (κ3) is 4.98. The van der Waals surface area contributed by atoms with Gasteiger partial charge in [0.05, 0.1) is 6.10 Å². The van der Waals surface area contributed by atoms with Gasteiger partial charge < -0.3 is 19.5 Å². The van der Waals surface area contributed by atoms with Gasteiger partial charge in [-0.2, -0.15) is 0 Å². The summed E-state index contributed by atoms with van der Waals surface area (Å²) in [5, 5.41) is 9.03. The van der Waals surface area contributed by atoms with Crippen molar-refractivity contribution >= 4 is 11.8 Å². The first-order valence-electron chi connectivity index (χ1n) is 14.3. The molecule has 0 aromatic carbocycles.